The van der Waals surface area contributed by atoms with E-state index in [4.69, 9.17) is 41.1 Å². The summed E-state index contributed by atoms with van der Waals surface area (Å²) in [5, 5.41) is 20.5. The highest BCUT2D eigenvalue weighted by molar-refractivity contribution is 7.44. The van der Waals surface area contributed by atoms with Crippen molar-refractivity contribution in [1.82, 2.24) is 4.67 Å². The van der Waals surface area contributed by atoms with Crippen LogP contribution in [0.4, 0.5) is 5.69 Å². The van der Waals surface area contributed by atoms with E-state index in [2.05, 4.69) is 38.4 Å². The van der Waals surface area contributed by atoms with E-state index in [9.17, 15) is 10.1 Å². The van der Waals surface area contributed by atoms with E-state index in [1.165, 1.54) is 26.4 Å². The van der Waals surface area contributed by atoms with Crippen LogP contribution in [0.5, 0.6) is 11.5 Å². The van der Waals surface area contributed by atoms with Crippen LogP contribution in [-0.4, -0.2) is 75.2 Å². The third-order valence-electron chi connectivity index (χ3n) is 5.44. The molecule has 0 N–H and O–H groups in total. The van der Waals surface area contributed by atoms with Gasteiger partial charge in [-0.15, -0.1) is 0 Å². The predicted molar refractivity (Wildman–Crippen MR) is 135 cm³/mol. The average Bonchev–Trinajstić information content (AvgIpc) is 3.16. The fourth-order valence-electron chi connectivity index (χ4n) is 3.90. The Labute approximate surface area is 215 Å². The highest BCUT2D eigenvalue weighted by Gasteiger charge is 2.39. The molecule has 0 aromatic heterocycles. The fraction of sp³-hybridized carbons (Fsp3) is 0.696. The lowest BCUT2D eigenvalue weighted by Crippen LogP contribution is -2.36. The first-order valence-electron chi connectivity index (χ1n) is 11.8. The molecule has 13 heteroatoms. The third-order valence-corrected chi connectivity index (χ3v) is 7.59. The van der Waals surface area contributed by atoms with E-state index in [0.717, 1.165) is 0 Å². The second kappa shape index (κ2) is 14.7. The van der Waals surface area contributed by atoms with Crippen LogP contribution in [-0.2, 0) is 25.1 Å². The molecule has 0 spiro atoms. The number of ether oxygens (including phenoxy) is 4. The van der Waals surface area contributed by atoms with Gasteiger partial charge in [0.2, 0.25) is 0 Å². The molecule has 1 aliphatic heterocycles. The molecule has 1 fully saturated rings. The number of benzene rings is 1. The summed E-state index contributed by atoms with van der Waals surface area (Å²) in [4.78, 5) is 11.1. The smallest absolute Gasteiger partial charge is 0.278 e. The van der Waals surface area contributed by atoms with E-state index in [1.807, 2.05) is 0 Å². The SMILES string of the molecule is [B][C@H]1CC(OP(OCCC#N)N(C(C)C)C(C)C)[C@@H](COCc2cc(OC)c(OC)cc2[N+](=O)[O-])O1. The first-order valence-corrected chi connectivity index (χ1v) is 12.9. The molecule has 2 radical (unpaired) electrons. The van der Waals surface area contributed by atoms with E-state index in [-0.39, 0.29) is 49.8 Å². The second-order valence-electron chi connectivity index (χ2n) is 8.75. The largest absolute Gasteiger partial charge is 0.493 e. The molecule has 198 valence electrons. The molecule has 1 heterocycles. The quantitative estimate of drug-likeness (QED) is 0.109. The second-order valence-corrected chi connectivity index (χ2v) is 10.2. The molecule has 1 aromatic carbocycles. The Bertz CT molecular complexity index is 893. The van der Waals surface area contributed by atoms with E-state index >= 15 is 0 Å². The van der Waals surface area contributed by atoms with Crippen LogP contribution < -0.4 is 9.47 Å². The zero-order valence-electron chi connectivity index (χ0n) is 21.7. The van der Waals surface area contributed by atoms with Crippen molar-refractivity contribution in [2.24, 2.45) is 0 Å². The predicted octanol–water partition coefficient (Wildman–Crippen LogP) is 4.07. The number of nitro groups is 1. The summed E-state index contributed by atoms with van der Waals surface area (Å²) >= 11 is 0. The van der Waals surface area contributed by atoms with Crippen LogP contribution in [0.25, 0.3) is 0 Å². The van der Waals surface area contributed by atoms with Crippen molar-refractivity contribution in [3.63, 3.8) is 0 Å². The standard InChI is InChI=1S/C23H35BN3O8P/c1-15(2)26(16(3)4)36(33-9-7-8-25)35-21-12-23(24)34-22(21)14-32-13-17-10-19(30-5)20(31-6)11-18(17)27(28)29/h10-11,15-16,21-23H,7,9,12-14H2,1-6H3/t21?,22-,23-,36?/m1/s1. The van der Waals surface area contributed by atoms with Gasteiger partial charge in [0.25, 0.3) is 14.2 Å². The first-order chi connectivity index (χ1) is 17.1. The molecule has 36 heavy (non-hydrogen) atoms. The summed E-state index contributed by atoms with van der Waals surface area (Å²) < 4.78 is 36.6. The summed E-state index contributed by atoms with van der Waals surface area (Å²) in [6.07, 6.45) is -0.211. The number of methoxy groups -OCH3 is 2. The summed E-state index contributed by atoms with van der Waals surface area (Å²) in [6, 6.07) is 4.67. The van der Waals surface area contributed by atoms with Crippen molar-refractivity contribution in [1.29, 1.82) is 5.26 Å². The van der Waals surface area contributed by atoms with Crippen LogP contribution in [0.3, 0.4) is 0 Å². The van der Waals surface area contributed by atoms with Gasteiger partial charge in [-0.1, -0.05) is 0 Å². The Morgan fingerprint density at radius 3 is 2.44 bits per heavy atom. The van der Waals surface area contributed by atoms with Gasteiger partial charge >= 0.3 is 0 Å². The first kappa shape index (κ1) is 30.2. The number of nitrogens with zero attached hydrogens (tertiary/aromatic N) is 3. The minimum absolute atomic E-state index is 0.0456. The Kier molecular flexibility index (Phi) is 12.3. The van der Waals surface area contributed by atoms with Gasteiger partial charge in [0.1, 0.15) is 14.0 Å². The summed E-state index contributed by atoms with van der Waals surface area (Å²) in [7, 11) is 7.44. The summed E-state index contributed by atoms with van der Waals surface area (Å²) in [6.45, 7) is 8.53. The van der Waals surface area contributed by atoms with Gasteiger partial charge in [0.15, 0.2) is 11.5 Å². The van der Waals surface area contributed by atoms with Crippen LogP contribution in [0.15, 0.2) is 12.1 Å². The average molecular weight is 523 g/mol. The normalized spacial score (nSPS) is 20.6. The molecule has 1 aromatic rings. The molecule has 0 aliphatic carbocycles. The van der Waals surface area contributed by atoms with E-state index in [0.29, 0.717) is 17.7 Å². The topological polar surface area (TPSA) is 126 Å². The van der Waals surface area contributed by atoms with Gasteiger partial charge in [-0.3, -0.25) is 10.1 Å². The van der Waals surface area contributed by atoms with Crippen LogP contribution in [0, 0.1) is 21.4 Å². The molecule has 2 unspecified atom stereocenters. The molecule has 4 atom stereocenters. The molecule has 2 rings (SSSR count). The van der Waals surface area contributed by atoms with Gasteiger partial charge in [-0.05, 0) is 40.2 Å². The lowest BCUT2D eigenvalue weighted by atomic mass is 9.96. The monoisotopic (exact) mass is 523 g/mol. The number of nitro benzene ring substituents is 1. The zero-order valence-corrected chi connectivity index (χ0v) is 22.6. The van der Waals surface area contributed by atoms with Crippen molar-refractivity contribution in [2.75, 3.05) is 27.4 Å². The van der Waals surface area contributed by atoms with Crippen LogP contribution in [0.2, 0.25) is 0 Å². The number of hydrogen-bond donors (Lipinski definition) is 0. The lowest BCUT2D eigenvalue weighted by Gasteiger charge is -2.37. The molecule has 0 amide bonds. The molecule has 1 saturated heterocycles. The van der Waals surface area contributed by atoms with Gasteiger partial charge < -0.3 is 28.0 Å². The number of nitriles is 1. The van der Waals surface area contributed by atoms with Crippen molar-refractivity contribution < 1.29 is 32.9 Å². The molecular formula is C23H35BN3O8P. The maximum Gasteiger partial charge on any atom is 0.278 e. The van der Waals surface area contributed by atoms with Gasteiger partial charge in [-0.25, -0.2) is 4.67 Å². The Hall–Kier alpha value is -2.00. The minimum Gasteiger partial charge on any atom is -0.493 e. The highest BCUT2D eigenvalue weighted by atomic mass is 31.2. The molecule has 1 aliphatic rings. The van der Waals surface area contributed by atoms with Crippen molar-refractivity contribution in [3.8, 4) is 17.6 Å². The zero-order chi connectivity index (χ0) is 26.8. The van der Waals surface area contributed by atoms with Gasteiger partial charge in [0.05, 0.1) is 69.2 Å². The minimum atomic E-state index is -1.48. The van der Waals surface area contributed by atoms with Crippen molar-refractivity contribution >= 4 is 22.1 Å². The number of rotatable bonds is 15. The molecule has 0 saturated carbocycles. The van der Waals surface area contributed by atoms with Crippen LogP contribution >= 0.6 is 8.53 Å². The highest BCUT2D eigenvalue weighted by Crippen LogP contribution is 2.49. The number of hydrogen-bond acceptors (Lipinski definition) is 10. The van der Waals surface area contributed by atoms with Gasteiger partial charge in [0, 0.05) is 18.1 Å². The Balaban J connectivity index is 2.12. The lowest BCUT2D eigenvalue weighted by molar-refractivity contribution is -0.386. The van der Waals surface area contributed by atoms with Crippen molar-refractivity contribution in [2.45, 2.75) is 77.4 Å². The van der Waals surface area contributed by atoms with E-state index < -0.39 is 31.7 Å². The summed E-state index contributed by atoms with van der Waals surface area (Å²) in [5.74, 6) is 0.626. The van der Waals surface area contributed by atoms with Crippen LogP contribution in [0.1, 0.15) is 46.1 Å². The molecule has 11 nitrogen and oxygen atoms in total. The third kappa shape index (κ3) is 8.27. The Morgan fingerprint density at radius 2 is 1.89 bits per heavy atom. The van der Waals surface area contributed by atoms with E-state index in [1.54, 1.807) is 0 Å². The maximum absolute atomic E-state index is 11.6. The van der Waals surface area contributed by atoms with Gasteiger partial charge in [-0.2, -0.15) is 5.26 Å². The molecule has 0 bridgehead atoms. The van der Waals surface area contributed by atoms with Crippen molar-refractivity contribution in [3.05, 3.63) is 27.8 Å². The maximum atomic E-state index is 11.6. The summed E-state index contributed by atoms with van der Waals surface area (Å²) in [5.41, 5.74) is 0.203. The molecular weight excluding hydrogens is 488 g/mol. The Morgan fingerprint density at radius 1 is 1.25 bits per heavy atom. The fourth-order valence-corrected chi connectivity index (χ4v) is 5.66.